The van der Waals surface area contributed by atoms with Gasteiger partial charge in [0.15, 0.2) is 11.5 Å². The largest absolute Gasteiger partial charge is 0.490 e. The van der Waals surface area contributed by atoms with Gasteiger partial charge in [-0.2, -0.15) is 0 Å². The highest BCUT2D eigenvalue weighted by Crippen LogP contribution is 2.34. The summed E-state index contributed by atoms with van der Waals surface area (Å²) in [6.07, 6.45) is 0.796. The Morgan fingerprint density at radius 1 is 0.800 bits per heavy atom. The third-order valence-electron chi connectivity index (χ3n) is 4.55. The number of nitrogens with one attached hydrogen (secondary N) is 1. The van der Waals surface area contributed by atoms with E-state index in [1.54, 1.807) is 6.07 Å². The minimum Gasteiger partial charge on any atom is -0.490 e. The van der Waals surface area contributed by atoms with Crippen molar-refractivity contribution in [2.24, 2.45) is 0 Å². The quantitative estimate of drug-likeness (QED) is 0.329. The lowest BCUT2D eigenvalue weighted by atomic mass is 10.1. The summed E-state index contributed by atoms with van der Waals surface area (Å²) in [6.45, 7) is 4.32. The minimum atomic E-state index is 0.455. The van der Waals surface area contributed by atoms with Crippen molar-refractivity contribution < 1.29 is 9.47 Å². The summed E-state index contributed by atoms with van der Waals surface area (Å²) < 4.78 is 11.7. The van der Waals surface area contributed by atoms with Crippen LogP contribution in [0.2, 0.25) is 15.1 Å². The molecule has 158 valence electrons. The van der Waals surface area contributed by atoms with Gasteiger partial charge in [-0.05, 0) is 54.8 Å². The molecule has 3 aromatic rings. The van der Waals surface area contributed by atoms with E-state index in [4.69, 9.17) is 44.3 Å². The van der Waals surface area contributed by atoms with E-state index >= 15 is 0 Å². The first-order valence-corrected chi connectivity index (χ1v) is 11.0. The standard InChI is InChI=1S/C24H24Cl3NO2/c1-2-29-23-12-19(15-28-11-10-18-8-9-20(25)13-21(18)26)22(27)14-24(23)30-16-17-6-4-3-5-7-17/h3-9,12-14,28H,2,10-11,15-16H2,1H3. The molecule has 3 nitrogen and oxygen atoms in total. The highest BCUT2D eigenvalue weighted by molar-refractivity contribution is 6.35. The molecule has 0 radical (unpaired) electrons. The Balaban J connectivity index is 1.61. The van der Waals surface area contributed by atoms with Crippen LogP contribution < -0.4 is 14.8 Å². The first-order valence-electron chi connectivity index (χ1n) is 9.83. The highest BCUT2D eigenvalue weighted by atomic mass is 35.5. The van der Waals surface area contributed by atoms with E-state index in [1.165, 1.54) is 0 Å². The lowest BCUT2D eigenvalue weighted by Crippen LogP contribution is -2.17. The van der Waals surface area contributed by atoms with Crippen LogP contribution in [0.4, 0.5) is 0 Å². The maximum absolute atomic E-state index is 6.51. The van der Waals surface area contributed by atoms with Crippen molar-refractivity contribution in [2.45, 2.75) is 26.5 Å². The van der Waals surface area contributed by atoms with Gasteiger partial charge in [-0.3, -0.25) is 0 Å². The summed E-state index contributed by atoms with van der Waals surface area (Å²) in [7, 11) is 0. The van der Waals surface area contributed by atoms with E-state index < -0.39 is 0 Å². The second-order valence-electron chi connectivity index (χ2n) is 6.76. The summed E-state index contributed by atoms with van der Waals surface area (Å²) in [5.74, 6) is 1.33. The molecule has 6 heteroatoms. The average molecular weight is 465 g/mol. The molecule has 3 rings (SSSR count). The van der Waals surface area contributed by atoms with Crippen LogP contribution in [0.1, 0.15) is 23.6 Å². The molecule has 0 aliphatic heterocycles. The molecule has 3 aromatic carbocycles. The Kier molecular flexibility index (Phi) is 8.71. The van der Waals surface area contributed by atoms with Crippen molar-refractivity contribution in [2.75, 3.05) is 13.2 Å². The maximum Gasteiger partial charge on any atom is 0.163 e. The fraction of sp³-hybridized carbons (Fsp3) is 0.250. The number of hydrogen-bond acceptors (Lipinski definition) is 3. The molecule has 0 bridgehead atoms. The molecular formula is C24H24Cl3NO2. The SMILES string of the molecule is CCOc1cc(CNCCc2ccc(Cl)cc2Cl)c(Cl)cc1OCc1ccccc1. The molecule has 1 N–H and O–H groups in total. The summed E-state index contributed by atoms with van der Waals surface area (Å²) in [5, 5.41) is 5.37. The second-order valence-corrected chi connectivity index (χ2v) is 8.01. The van der Waals surface area contributed by atoms with E-state index in [1.807, 2.05) is 61.5 Å². The molecule has 0 atom stereocenters. The van der Waals surface area contributed by atoms with Crippen molar-refractivity contribution in [3.05, 3.63) is 92.4 Å². The third kappa shape index (κ3) is 6.55. The van der Waals surface area contributed by atoms with Gasteiger partial charge in [-0.1, -0.05) is 71.2 Å². The molecule has 0 aromatic heterocycles. The van der Waals surface area contributed by atoms with Crippen LogP contribution in [0.5, 0.6) is 11.5 Å². The van der Waals surface area contributed by atoms with E-state index in [0.29, 0.717) is 46.3 Å². The van der Waals surface area contributed by atoms with Crippen molar-refractivity contribution in [3.63, 3.8) is 0 Å². The van der Waals surface area contributed by atoms with Gasteiger partial charge in [0.25, 0.3) is 0 Å². The lowest BCUT2D eigenvalue weighted by Gasteiger charge is -2.15. The van der Waals surface area contributed by atoms with Gasteiger partial charge in [-0.25, -0.2) is 0 Å². The molecule has 0 fully saturated rings. The lowest BCUT2D eigenvalue weighted by molar-refractivity contribution is 0.269. The fourth-order valence-corrected chi connectivity index (χ4v) is 3.72. The summed E-state index contributed by atoms with van der Waals surface area (Å²) in [4.78, 5) is 0. The Morgan fingerprint density at radius 2 is 1.53 bits per heavy atom. The van der Waals surface area contributed by atoms with E-state index in [2.05, 4.69) is 5.32 Å². The number of ether oxygens (including phenoxy) is 2. The first kappa shape index (κ1) is 22.8. The zero-order chi connectivity index (χ0) is 21.3. The normalized spacial score (nSPS) is 10.8. The summed E-state index contributed by atoms with van der Waals surface area (Å²) in [6, 6.07) is 19.3. The maximum atomic E-state index is 6.51. The van der Waals surface area contributed by atoms with Gasteiger partial charge >= 0.3 is 0 Å². The van der Waals surface area contributed by atoms with E-state index in [0.717, 1.165) is 29.7 Å². The topological polar surface area (TPSA) is 30.5 Å². The predicted molar refractivity (Wildman–Crippen MR) is 125 cm³/mol. The molecule has 0 heterocycles. The van der Waals surface area contributed by atoms with Gasteiger partial charge in [0.1, 0.15) is 6.61 Å². The predicted octanol–water partition coefficient (Wildman–Crippen LogP) is 6.96. The summed E-state index contributed by atoms with van der Waals surface area (Å²) in [5.41, 5.74) is 3.09. The molecule has 0 saturated carbocycles. The Labute approximate surface area is 192 Å². The average Bonchev–Trinajstić information content (AvgIpc) is 2.74. The highest BCUT2D eigenvalue weighted by Gasteiger charge is 2.12. The number of rotatable bonds is 10. The van der Waals surface area contributed by atoms with Crippen molar-refractivity contribution in [3.8, 4) is 11.5 Å². The smallest absolute Gasteiger partial charge is 0.163 e. The molecule has 0 unspecified atom stereocenters. The van der Waals surface area contributed by atoms with Crippen molar-refractivity contribution in [1.82, 2.24) is 5.32 Å². The van der Waals surface area contributed by atoms with E-state index in [-0.39, 0.29) is 0 Å². The Morgan fingerprint density at radius 3 is 2.27 bits per heavy atom. The van der Waals surface area contributed by atoms with Crippen molar-refractivity contribution >= 4 is 34.8 Å². The molecule has 0 aliphatic carbocycles. The zero-order valence-electron chi connectivity index (χ0n) is 16.8. The molecule has 30 heavy (non-hydrogen) atoms. The van der Waals surface area contributed by atoms with Crippen LogP contribution >= 0.6 is 34.8 Å². The van der Waals surface area contributed by atoms with Crippen LogP contribution in [0.25, 0.3) is 0 Å². The molecule has 0 aliphatic rings. The van der Waals surface area contributed by atoms with Crippen LogP contribution in [0.15, 0.2) is 60.7 Å². The molecule has 0 amide bonds. The van der Waals surface area contributed by atoms with Gasteiger partial charge in [-0.15, -0.1) is 0 Å². The number of hydrogen-bond donors (Lipinski definition) is 1. The van der Waals surface area contributed by atoms with Crippen molar-refractivity contribution in [1.29, 1.82) is 0 Å². The summed E-state index contributed by atoms with van der Waals surface area (Å²) >= 11 is 18.7. The van der Waals surface area contributed by atoms with Gasteiger partial charge in [0.2, 0.25) is 0 Å². The van der Waals surface area contributed by atoms with Crippen LogP contribution in [-0.2, 0) is 19.6 Å². The van der Waals surface area contributed by atoms with Gasteiger partial charge in [0.05, 0.1) is 6.61 Å². The van der Waals surface area contributed by atoms with Gasteiger partial charge < -0.3 is 14.8 Å². The Hall–Kier alpha value is -1.91. The number of benzene rings is 3. The second kappa shape index (κ2) is 11.5. The zero-order valence-corrected chi connectivity index (χ0v) is 19.0. The van der Waals surface area contributed by atoms with Crippen LogP contribution in [-0.4, -0.2) is 13.2 Å². The number of halogens is 3. The molecule has 0 saturated heterocycles. The Bertz CT molecular complexity index is 964. The molecular weight excluding hydrogens is 441 g/mol. The first-order chi connectivity index (χ1) is 14.6. The van der Waals surface area contributed by atoms with Crippen LogP contribution in [0.3, 0.4) is 0 Å². The monoisotopic (exact) mass is 463 g/mol. The molecule has 0 spiro atoms. The minimum absolute atomic E-state index is 0.455. The van der Waals surface area contributed by atoms with Gasteiger partial charge in [0, 0.05) is 27.7 Å². The van der Waals surface area contributed by atoms with Crippen LogP contribution in [0, 0.1) is 0 Å². The van der Waals surface area contributed by atoms with E-state index in [9.17, 15) is 0 Å². The fourth-order valence-electron chi connectivity index (χ4n) is 3.00. The third-order valence-corrected chi connectivity index (χ3v) is 5.49.